The maximum atomic E-state index is 5.47. The molecule has 0 atom stereocenters. The summed E-state index contributed by atoms with van der Waals surface area (Å²) < 4.78 is 5.47. The molecule has 0 spiro atoms. The smallest absolute Gasteiger partial charge is 0.119 e. The van der Waals surface area contributed by atoms with E-state index in [9.17, 15) is 0 Å². The second kappa shape index (κ2) is 6.92. The highest BCUT2D eigenvalue weighted by atomic mass is 16.5. The second-order valence-corrected chi connectivity index (χ2v) is 5.53. The Hall–Kier alpha value is -1.06. The van der Waals surface area contributed by atoms with Gasteiger partial charge in [0.2, 0.25) is 0 Å². The minimum Gasteiger partial charge on any atom is -0.494 e. The number of hydrogen-bond acceptors (Lipinski definition) is 3. The van der Waals surface area contributed by atoms with Gasteiger partial charge >= 0.3 is 0 Å². The summed E-state index contributed by atoms with van der Waals surface area (Å²) in [5.74, 6) is 0.966. The van der Waals surface area contributed by atoms with Crippen LogP contribution in [0.5, 0.6) is 5.75 Å². The molecule has 1 aromatic carbocycles. The predicted molar refractivity (Wildman–Crippen MR) is 79.6 cm³/mol. The molecule has 1 aliphatic heterocycles. The normalized spacial score (nSPS) is 17.9. The number of likely N-dealkylation sites (tertiary alicyclic amines) is 1. The van der Waals surface area contributed by atoms with E-state index in [4.69, 9.17) is 4.74 Å². The summed E-state index contributed by atoms with van der Waals surface area (Å²) in [6, 6.07) is 9.22. The van der Waals surface area contributed by atoms with Gasteiger partial charge in [-0.1, -0.05) is 12.1 Å². The third kappa shape index (κ3) is 4.22. The summed E-state index contributed by atoms with van der Waals surface area (Å²) in [4.78, 5) is 4.91. The van der Waals surface area contributed by atoms with Gasteiger partial charge in [0, 0.05) is 12.6 Å². The topological polar surface area (TPSA) is 15.7 Å². The Morgan fingerprint density at radius 2 is 1.84 bits per heavy atom. The van der Waals surface area contributed by atoms with Crippen molar-refractivity contribution in [2.24, 2.45) is 0 Å². The Kier molecular flexibility index (Phi) is 5.23. The third-order valence-electron chi connectivity index (χ3n) is 3.98. The molecule has 0 aliphatic carbocycles. The number of piperidine rings is 1. The molecular formula is C16H26N2O. The Bertz CT molecular complexity index is 369. The standard InChI is InChI=1S/C16H26N2O/c1-4-19-16-7-5-14(6-8-16)13-18(3)15-9-11-17(2)12-10-15/h5-8,15H,4,9-13H2,1-3H3. The summed E-state index contributed by atoms with van der Waals surface area (Å²) in [6.45, 7) is 6.22. The van der Waals surface area contributed by atoms with Crippen molar-refractivity contribution in [2.45, 2.75) is 32.4 Å². The molecule has 0 bridgehead atoms. The van der Waals surface area contributed by atoms with Crippen LogP contribution in [0.3, 0.4) is 0 Å². The second-order valence-electron chi connectivity index (χ2n) is 5.53. The summed E-state index contributed by atoms with van der Waals surface area (Å²) >= 11 is 0. The van der Waals surface area contributed by atoms with Crippen LogP contribution >= 0.6 is 0 Å². The van der Waals surface area contributed by atoms with Crippen molar-refractivity contribution in [1.82, 2.24) is 9.80 Å². The van der Waals surface area contributed by atoms with Gasteiger partial charge in [-0.25, -0.2) is 0 Å². The average Bonchev–Trinajstić information content (AvgIpc) is 2.42. The van der Waals surface area contributed by atoms with Crippen molar-refractivity contribution >= 4 is 0 Å². The molecule has 1 heterocycles. The molecule has 0 saturated carbocycles. The van der Waals surface area contributed by atoms with E-state index < -0.39 is 0 Å². The molecule has 0 aromatic heterocycles. The highest BCUT2D eigenvalue weighted by molar-refractivity contribution is 5.27. The maximum absolute atomic E-state index is 5.47. The SMILES string of the molecule is CCOc1ccc(CN(C)C2CCN(C)CC2)cc1. The van der Waals surface area contributed by atoms with Gasteiger partial charge in [-0.15, -0.1) is 0 Å². The zero-order valence-corrected chi connectivity index (χ0v) is 12.4. The molecule has 3 heteroatoms. The van der Waals surface area contributed by atoms with Crippen molar-refractivity contribution in [2.75, 3.05) is 33.8 Å². The quantitative estimate of drug-likeness (QED) is 0.811. The first-order valence-electron chi connectivity index (χ1n) is 7.29. The number of benzene rings is 1. The third-order valence-corrected chi connectivity index (χ3v) is 3.98. The molecule has 1 aliphatic rings. The van der Waals surface area contributed by atoms with Gasteiger partial charge in [0.15, 0.2) is 0 Å². The molecular weight excluding hydrogens is 236 g/mol. The highest BCUT2D eigenvalue weighted by Crippen LogP contribution is 2.18. The van der Waals surface area contributed by atoms with Gasteiger partial charge in [-0.3, -0.25) is 4.90 Å². The van der Waals surface area contributed by atoms with Crippen LogP contribution in [0.25, 0.3) is 0 Å². The lowest BCUT2D eigenvalue weighted by molar-refractivity contribution is 0.139. The van der Waals surface area contributed by atoms with E-state index in [1.165, 1.54) is 31.5 Å². The fourth-order valence-corrected chi connectivity index (χ4v) is 2.71. The fourth-order valence-electron chi connectivity index (χ4n) is 2.71. The van der Waals surface area contributed by atoms with E-state index in [1.807, 2.05) is 6.92 Å². The zero-order valence-electron chi connectivity index (χ0n) is 12.4. The minimum absolute atomic E-state index is 0.725. The number of hydrogen-bond donors (Lipinski definition) is 0. The van der Waals surface area contributed by atoms with Gasteiger partial charge in [-0.05, 0) is 64.6 Å². The first kappa shape index (κ1) is 14.4. The predicted octanol–water partition coefficient (Wildman–Crippen LogP) is 2.61. The van der Waals surface area contributed by atoms with Crippen LogP contribution in [0, 0.1) is 0 Å². The Balaban J connectivity index is 1.86. The van der Waals surface area contributed by atoms with Crippen LogP contribution in [0.15, 0.2) is 24.3 Å². The van der Waals surface area contributed by atoms with E-state index in [1.54, 1.807) is 0 Å². The Morgan fingerprint density at radius 1 is 1.21 bits per heavy atom. The van der Waals surface area contributed by atoms with Gasteiger partial charge < -0.3 is 9.64 Å². The van der Waals surface area contributed by atoms with Crippen molar-refractivity contribution in [3.63, 3.8) is 0 Å². The van der Waals surface area contributed by atoms with Crippen LogP contribution in [0.2, 0.25) is 0 Å². The summed E-state index contributed by atoms with van der Waals surface area (Å²) in [7, 11) is 4.45. The summed E-state index contributed by atoms with van der Waals surface area (Å²) in [6.07, 6.45) is 2.56. The van der Waals surface area contributed by atoms with Crippen molar-refractivity contribution in [3.8, 4) is 5.75 Å². The largest absolute Gasteiger partial charge is 0.494 e. The lowest BCUT2D eigenvalue weighted by atomic mass is 10.0. The Labute approximate surface area is 117 Å². The molecule has 106 valence electrons. The number of nitrogens with zero attached hydrogens (tertiary/aromatic N) is 2. The Morgan fingerprint density at radius 3 is 2.42 bits per heavy atom. The molecule has 0 amide bonds. The van der Waals surface area contributed by atoms with Gasteiger partial charge in [-0.2, -0.15) is 0 Å². The molecule has 1 fully saturated rings. The molecule has 3 nitrogen and oxygen atoms in total. The van der Waals surface area contributed by atoms with E-state index >= 15 is 0 Å². The van der Waals surface area contributed by atoms with Crippen LogP contribution in [-0.4, -0.2) is 49.6 Å². The first-order chi connectivity index (χ1) is 9.19. The van der Waals surface area contributed by atoms with Crippen LogP contribution < -0.4 is 4.74 Å². The van der Waals surface area contributed by atoms with E-state index in [0.717, 1.165) is 24.9 Å². The number of rotatable bonds is 5. The van der Waals surface area contributed by atoms with Gasteiger partial charge in [0.05, 0.1) is 6.61 Å². The van der Waals surface area contributed by atoms with Gasteiger partial charge in [0.1, 0.15) is 5.75 Å². The summed E-state index contributed by atoms with van der Waals surface area (Å²) in [5, 5.41) is 0. The van der Waals surface area contributed by atoms with E-state index in [2.05, 4.69) is 48.2 Å². The van der Waals surface area contributed by atoms with Crippen molar-refractivity contribution < 1.29 is 4.74 Å². The van der Waals surface area contributed by atoms with Gasteiger partial charge in [0.25, 0.3) is 0 Å². The van der Waals surface area contributed by atoms with Crippen LogP contribution in [0.1, 0.15) is 25.3 Å². The van der Waals surface area contributed by atoms with Crippen LogP contribution in [-0.2, 0) is 6.54 Å². The number of ether oxygens (including phenoxy) is 1. The maximum Gasteiger partial charge on any atom is 0.119 e. The van der Waals surface area contributed by atoms with Crippen LogP contribution in [0.4, 0.5) is 0 Å². The molecule has 19 heavy (non-hydrogen) atoms. The van der Waals surface area contributed by atoms with E-state index in [0.29, 0.717) is 0 Å². The molecule has 1 aromatic rings. The molecule has 2 rings (SSSR count). The fraction of sp³-hybridized carbons (Fsp3) is 0.625. The van der Waals surface area contributed by atoms with E-state index in [-0.39, 0.29) is 0 Å². The zero-order chi connectivity index (χ0) is 13.7. The lowest BCUT2D eigenvalue weighted by Crippen LogP contribution is -2.41. The molecule has 0 N–H and O–H groups in total. The highest BCUT2D eigenvalue weighted by Gasteiger charge is 2.20. The molecule has 0 radical (unpaired) electrons. The molecule has 0 unspecified atom stereocenters. The first-order valence-corrected chi connectivity index (χ1v) is 7.29. The lowest BCUT2D eigenvalue weighted by Gasteiger charge is -2.35. The van der Waals surface area contributed by atoms with Crippen molar-refractivity contribution in [1.29, 1.82) is 0 Å². The molecule has 1 saturated heterocycles. The monoisotopic (exact) mass is 262 g/mol. The average molecular weight is 262 g/mol. The summed E-state index contributed by atoms with van der Waals surface area (Å²) in [5.41, 5.74) is 1.37. The minimum atomic E-state index is 0.725. The van der Waals surface area contributed by atoms with Crippen molar-refractivity contribution in [3.05, 3.63) is 29.8 Å².